The lowest BCUT2D eigenvalue weighted by molar-refractivity contribution is -0.0321. The molecule has 3 rings (SSSR count). The zero-order chi connectivity index (χ0) is 13.9. The van der Waals surface area contributed by atoms with Gasteiger partial charge >= 0.3 is 0 Å². The van der Waals surface area contributed by atoms with Gasteiger partial charge in [-0.25, -0.2) is 0 Å². The van der Waals surface area contributed by atoms with Crippen LogP contribution in [0, 0.1) is 11.8 Å². The zero-order valence-corrected chi connectivity index (χ0v) is 12.0. The number of hydrogen-bond acceptors (Lipinski definition) is 2. The van der Waals surface area contributed by atoms with Crippen molar-refractivity contribution < 1.29 is 9.53 Å². The van der Waals surface area contributed by atoms with E-state index in [0.717, 1.165) is 37.8 Å². The van der Waals surface area contributed by atoms with Crippen molar-refractivity contribution in [1.82, 2.24) is 4.57 Å². The molecule has 1 saturated heterocycles. The van der Waals surface area contributed by atoms with E-state index in [2.05, 4.69) is 4.57 Å². The van der Waals surface area contributed by atoms with Crippen LogP contribution in [-0.2, 0) is 17.7 Å². The van der Waals surface area contributed by atoms with E-state index in [-0.39, 0.29) is 5.91 Å². The Labute approximate surface area is 120 Å². The zero-order valence-electron chi connectivity index (χ0n) is 12.0. The molecule has 1 saturated carbocycles. The molecule has 0 spiro atoms. The first-order valence-corrected chi connectivity index (χ1v) is 7.79. The minimum atomic E-state index is -0.303. The lowest BCUT2D eigenvalue weighted by Crippen LogP contribution is -2.31. The fourth-order valence-electron chi connectivity index (χ4n) is 3.45. The average Bonchev–Trinajstić information content (AvgIpc) is 2.78. The molecule has 0 atom stereocenters. The maximum Gasteiger partial charge on any atom is 0.250 e. The number of nitrogens with zero attached hydrogens (tertiary/aromatic N) is 1. The largest absolute Gasteiger partial charge is 0.381 e. The van der Waals surface area contributed by atoms with Gasteiger partial charge in [-0.1, -0.05) is 19.3 Å². The van der Waals surface area contributed by atoms with Crippen LogP contribution in [0.25, 0.3) is 0 Å². The standard InChI is InChI=1S/C16H24N2O2/c17-16(19)14-6-7-18(9-12-4-2-1-3-5-12)15(14)8-13-10-20-11-13/h6-7,12-13H,1-5,8-11H2,(H2,17,19). The third kappa shape index (κ3) is 2.90. The molecule has 2 aliphatic rings. The summed E-state index contributed by atoms with van der Waals surface area (Å²) in [6.45, 7) is 2.66. The minimum absolute atomic E-state index is 0.303. The van der Waals surface area contributed by atoms with E-state index in [9.17, 15) is 4.79 Å². The highest BCUT2D eigenvalue weighted by Crippen LogP contribution is 2.27. The maximum absolute atomic E-state index is 11.6. The molecule has 4 nitrogen and oxygen atoms in total. The van der Waals surface area contributed by atoms with Gasteiger partial charge in [-0.3, -0.25) is 4.79 Å². The first-order chi connectivity index (χ1) is 9.74. The molecule has 0 aromatic carbocycles. The minimum Gasteiger partial charge on any atom is -0.381 e. The van der Waals surface area contributed by atoms with Gasteiger partial charge in [0.2, 0.25) is 0 Å². The van der Waals surface area contributed by atoms with Crippen molar-refractivity contribution in [1.29, 1.82) is 0 Å². The van der Waals surface area contributed by atoms with Crippen molar-refractivity contribution >= 4 is 5.91 Å². The Balaban J connectivity index is 1.75. The summed E-state index contributed by atoms with van der Waals surface area (Å²) in [6.07, 6.45) is 9.66. The molecule has 0 radical (unpaired) electrons. The summed E-state index contributed by atoms with van der Waals surface area (Å²) in [6, 6.07) is 1.89. The van der Waals surface area contributed by atoms with Crippen LogP contribution in [0.2, 0.25) is 0 Å². The van der Waals surface area contributed by atoms with Crippen molar-refractivity contribution in [2.45, 2.75) is 45.1 Å². The molecule has 1 aliphatic carbocycles. The fourth-order valence-corrected chi connectivity index (χ4v) is 3.45. The van der Waals surface area contributed by atoms with E-state index in [1.54, 1.807) is 0 Å². The van der Waals surface area contributed by atoms with Crippen molar-refractivity contribution in [2.24, 2.45) is 17.6 Å². The molecule has 2 N–H and O–H groups in total. The quantitative estimate of drug-likeness (QED) is 0.897. The van der Waals surface area contributed by atoms with Crippen LogP contribution in [-0.4, -0.2) is 23.7 Å². The number of rotatable bonds is 5. The molecule has 0 unspecified atom stereocenters. The van der Waals surface area contributed by atoms with E-state index >= 15 is 0 Å². The van der Waals surface area contributed by atoms with Crippen LogP contribution in [0.1, 0.15) is 48.2 Å². The highest BCUT2D eigenvalue weighted by Gasteiger charge is 2.24. The molecule has 1 aliphatic heterocycles. The summed E-state index contributed by atoms with van der Waals surface area (Å²) < 4.78 is 7.52. The summed E-state index contributed by atoms with van der Waals surface area (Å²) >= 11 is 0. The molecule has 0 bridgehead atoms. The third-order valence-corrected chi connectivity index (χ3v) is 4.71. The lowest BCUT2D eigenvalue weighted by Gasteiger charge is -2.28. The normalized spacial score (nSPS) is 20.8. The first-order valence-electron chi connectivity index (χ1n) is 7.79. The molecule has 110 valence electrons. The smallest absolute Gasteiger partial charge is 0.250 e. The predicted octanol–water partition coefficient (Wildman–Crippen LogP) is 2.36. The van der Waals surface area contributed by atoms with Crippen molar-refractivity contribution in [2.75, 3.05) is 13.2 Å². The van der Waals surface area contributed by atoms with Gasteiger partial charge < -0.3 is 15.0 Å². The number of carbonyl (C=O) groups is 1. The Morgan fingerprint density at radius 2 is 2.00 bits per heavy atom. The van der Waals surface area contributed by atoms with Gasteiger partial charge in [0.25, 0.3) is 5.91 Å². The van der Waals surface area contributed by atoms with Gasteiger partial charge in [-0.2, -0.15) is 0 Å². The molecule has 4 heteroatoms. The summed E-state index contributed by atoms with van der Waals surface area (Å²) in [5, 5.41) is 0. The number of aromatic nitrogens is 1. The second-order valence-corrected chi connectivity index (χ2v) is 6.30. The van der Waals surface area contributed by atoms with Gasteiger partial charge in [0.15, 0.2) is 0 Å². The van der Waals surface area contributed by atoms with Crippen LogP contribution in [0.3, 0.4) is 0 Å². The van der Waals surface area contributed by atoms with Gasteiger partial charge in [0.1, 0.15) is 0 Å². The molecule has 1 aromatic rings. The Kier molecular flexibility index (Phi) is 4.10. The second kappa shape index (κ2) is 6.00. The summed E-state index contributed by atoms with van der Waals surface area (Å²) in [5.41, 5.74) is 7.34. The van der Waals surface area contributed by atoms with Crippen molar-refractivity contribution in [3.63, 3.8) is 0 Å². The average molecular weight is 276 g/mol. The van der Waals surface area contributed by atoms with Gasteiger partial charge in [0.05, 0.1) is 18.8 Å². The lowest BCUT2D eigenvalue weighted by atomic mass is 9.89. The van der Waals surface area contributed by atoms with Crippen LogP contribution >= 0.6 is 0 Å². The predicted molar refractivity (Wildman–Crippen MR) is 77.5 cm³/mol. The van der Waals surface area contributed by atoms with Crippen LogP contribution < -0.4 is 5.73 Å². The summed E-state index contributed by atoms with van der Waals surface area (Å²) in [4.78, 5) is 11.6. The molecule has 1 amide bonds. The molecule has 2 heterocycles. The van der Waals surface area contributed by atoms with Gasteiger partial charge in [0, 0.05) is 24.4 Å². The Hall–Kier alpha value is -1.29. The van der Waals surface area contributed by atoms with E-state index < -0.39 is 0 Å². The van der Waals surface area contributed by atoms with Crippen LogP contribution in [0.5, 0.6) is 0 Å². The number of amides is 1. The number of hydrogen-bond donors (Lipinski definition) is 1. The van der Waals surface area contributed by atoms with E-state index in [0.29, 0.717) is 11.5 Å². The highest BCUT2D eigenvalue weighted by molar-refractivity contribution is 5.94. The topological polar surface area (TPSA) is 57.2 Å². The molecule has 20 heavy (non-hydrogen) atoms. The van der Waals surface area contributed by atoms with Gasteiger partial charge in [-0.05, 0) is 31.2 Å². The number of primary amides is 1. The third-order valence-electron chi connectivity index (χ3n) is 4.71. The Morgan fingerprint density at radius 3 is 2.60 bits per heavy atom. The monoisotopic (exact) mass is 276 g/mol. The SMILES string of the molecule is NC(=O)c1ccn(CC2CCCCC2)c1CC1COC1. The van der Waals surface area contributed by atoms with Crippen LogP contribution in [0.4, 0.5) is 0 Å². The molecule has 2 fully saturated rings. The van der Waals surface area contributed by atoms with Crippen molar-refractivity contribution in [3.05, 3.63) is 23.5 Å². The summed E-state index contributed by atoms with van der Waals surface area (Å²) in [7, 11) is 0. The molecule has 1 aromatic heterocycles. The first kappa shape index (κ1) is 13.7. The fraction of sp³-hybridized carbons (Fsp3) is 0.688. The van der Waals surface area contributed by atoms with Gasteiger partial charge in [-0.15, -0.1) is 0 Å². The summed E-state index contributed by atoms with van der Waals surface area (Å²) in [5.74, 6) is 1.00. The molecular weight excluding hydrogens is 252 g/mol. The second-order valence-electron chi connectivity index (χ2n) is 6.30. The van der Waals surface area contributed by atoms with E-state index in [1.807, 2.05) is 12.3 Å². The Bertz CT molecular complexity index is 471. The number of nitrogens with two attached hydrogens (primary N) is 1. The molecular formula is C16H24N2O2. The highest BCUT2D eigenvalue weighted by atomic mass is 16.5. The number of carbonyl (C=O) groups excluding carboxylic acids is 1. The number of ether oxygens (including phenoxy) is 1. The van der Waals surface area contributed by atoms with Crippen molar-refractivity contribution in [3.8, 4) is 0 Å². The van der Waals surface area contributed by atoms with E-state index in [4.69, 9.17) is 10.5 Å². The maximum atomic E-state index is 11.6. The van der Waals surface area contributed by atoms with Crippen LogP contribution in [0.15, 0.2) is 12.3 Å². The van der Waals surface area contributed by atoms with E-state index in [1.165, 1.54) is 32.1 Å². The Morgan fingerprint density at radius 1 is 1.25 bits per heavy atom.